The molecule has 0 unspecified atom stereocenters. The maximum atomic E-state index is 5.17. The van der Waals surface area contributed by atoms with E-state index in [1.54, 1.807) is 0 Å². The highest BCUT2D eigenvalue weighted by Crippen LogP contribution is 2.40. The molecule has 0 radical (unpaired) electrons. The molecular formula is C49H55N3. The molecule has 0 saturated heterocycles. The van der Waals surface area contributed by atoms with Gasteiger partial charge in [-0.1, -0.05) is 180 Å². The summed E-state index contributed by atoms with van der Waals surface area (Å²) in [5.74, 6) is 1.97. The van der Waals surface area contributed by atoms with E-state index in [9.17, 15) is 0 Å². The van der Waals surface area contributed by atoms with Crippen molar-refractivity contribution in [2.24, 2.45) is 0 Å². The van der Waals surface area contributed by atoms with E-state index in [4.69, 9.17) is 15.0 Å². The van der Waals surface area contributed by atoms with Crippen molar-refractivity contribution in [2.45, 2.75) is 105 Å². The van der Waals surface area contributed by atoms with Crippen LogP contribution >= 0.6 is 0 Å². The van der Waals surface area contributed by atoms with Crippen molar-refractivity contribution in [2.75, 3.05) is 0 Å². The van der Waals surface area contributed by atoms with E-state index in [-0.39, 0.29) is 21.7 Å². The molecule has 0 fully saturated rings. The summed E-state index contributed by atoms with van der Waals surface area (Å²) >= 11 is 0. The molecule has 5 aromatic carbocycles. The van der Waals surface area contributed by atoms with Crippen LogP contribution in [-0.2, 0) is 21.7 Å². The molecule has 52 heavy (non-hydrogen) atoms. The van der Waals surface area contributed by atoms with Crippen molar-refractivity contribution in [1.82, 2.24) is 15.0 Å². The smallest absolute Gasteiger partial charge is 0.164 e. The van der Waals surface area contributed by atoms with Crippen LogP contribution in [-0.4, -0.2) is 15.0 Å². The minimum atomic E-state index is -0.0114. The molecule has 6 aromatic rings. The summed E-state index contributed by atoms with van der Waals surface area (Å²) < 4.78 is 0. The van der Waals surface area contributed by atoms with Gasteiger partial charge in [-0.3, -0.25) is 0 Å². The van der Waals surface area contributed by atoms with Gasteiger partial charge in [-0.05, 0) is 84.4 Å². The summed E-state index contributed by atoms with van der Waals surface area (Å²) in [6, 6.07) is 41.6. The third kappa shape index (κ3) is 8.26. The fourth-order valence-electron chi connectivity index (χ4n) is 6.35. The van der Waals surface area contributed by atoms with E-state index in [0.29, 0.717) is 17.5 Å². The Hall–Kier alpha value is -4.89. The zero-order valence-corrected chi connectivity index (χ0v) is 33.3. The third-order valence-electron chi connectivity index (χ3n) is 9.89. The number of benzene rings is 5. The Morgan fingerprint density at radius 2 is 0.519 bits per heavy atom. The van der Waals surface area contributed by atoms with Crippen LogP contribution in [0.25, 0.3) is 56.4 Å². The molecule has 0 atom stereocenters. The highest BCUT2D eigenvalue weighted by Gasteiger charge is 2.24. The van der Waals surface area contributed by atoms with Crippen LogP contribution in [0.15, 0.2) is 115 Å². The SMILES string of the molecule is CC(C)(C)c1cc(-c2cc(-c3cc(C(C)(C)C)cc(C(C)(C)C)c3)cc(-c3nc(-c4ccccc4)nc(-c4ccccc4)n3)c2)cc(C(C)(C)C)c1. The van der Waals surface area contributed by atoms with Crippen molar-refractivity contribution in [1.29, 1.82) is 0 Å². The van der Waals surface area contributed by atoms with Gasteiger partial charge in [0.15, 0.2) is 17.5 Å². The number of rotatable bonds is 5. The number of nitrogens with zero attached hydrogens (tertiary/aromatic N) is 3. The zero-order chi connectivity index (χ0) is 37.6. The van der Waals surface area contributed by atoms with Crippen molar-refractivity contribution < 1.29 is 0 Å². The molecule has 3 nitrogen and oxygen atoms in total. The van der Waals surface area contributed by atoms with E-state index in [1.807, 2.05) is 36.4 Å². The Bertz CT molecular complexity index is 1990. The van der Waals surface area contributed by atoms with Gasteiger partial charge in [-0.15, -0.1) is 0 Å². The molecule has 0 N–H and O–H groups in total. The normalized spacial score (nSPS) is 12.6. The fraction of sp³-hybridized carbons (Fsp3) is 0.327. The maximum absolute atomic E-state index is 5.17. The van der Waals surface area contributed by atoms with Crippen LogP contribution in [0.5, 0.6) is 0 Å². The first-order chi connectivity index (χ1) is 24.3. The molecule has 0 spiro atoms. The predicted molar refractivity (Wildman–Crippen MR) is 222 cm³/mol. The summed E-state index contributed by atoms with van der Waals surface area (Å²) in [7, 11) is 0. The molecule has 1 aromatic heterocycles. The monoisotopic (exact) mass is 685 g/mol. The molecule has 0 bridgehead atoms. The van der Waals surface area contributed by atoms with Crippen LogP contribution in [0.4, 0.5) is 0 Å². The largest absolute Gasteiger partial charge is 0.208 e. The molecule has 0 aliphatic rings. The summed E-state index contributed by atoms with van der Waals surface area (Å²) in [4.78, 5) is 15.3. The first-order valence-corrected chi connectivity index (χ1v) is 18.6. The second-order valence-corrected chi connectivity index (χ2v) is 18.4. The van der Waals surface area contributed by atoms with E-state index in [0.717, 1.165) is 27.8 Å². The van der Waals surface area contributed by atoms with Gasteiger partial charge in [0.2, 0.25) is 0 Å². The first kappa shape index (κ1) is 36.9. The molecule has 3 heteroatoms. The molecule has 0 aliphatic carbocycles. The lowest BCUT2D eigenvalue weighted by atomic mass is 9.78. The van der Waals surface area contributed by atoms with Crippen molar-refractivity contribution in [3.05, 3.63) is 138 Å². The van der Waals surface area contributed by atoms with Crippen molar-refractivity contribution in [3.8, 4) is 56.4 Å². The zero-order valence-electron chi connectivity index (χ0n) is 33.3. The maximum Gasteiger partial charge on any atom is 0.164 e. The quantitative estimate of drug-likeness (QED) is 0.181. The lowest BCUT2D eigenvalue weighted by molar-refractivity contribution is 0.568. The second-order valence-electron chi connectivity index (χ2n) is 18.4. The first-order valence-electron chi connectivity index (χ1n) is 18.6. The minimum Gasteiger partial charge on any atom is -0.208 e. The van der Waals surface area contributed by atoms with Crippen LogP contribution < -0.4 is 0 Å². The molecule has 266 valence electrons. The lowest BCUT2D eigenvalue weighted by Crippen LogP contribution is -2.16. The van der Waals surface area contributed by atoms with Crippen LogP contribution in [0.1, 0.15) is 105 Å². The molecule has 0 saturated carbocycles. The topological polar surface area (TPSA) is 38.7 Å². The Kier molecular flexibility index (Phi) is 9.64. The van der Waals surface area contributed by atoms with Gasteiger partial charge >= 0.3 is 0 Å². The van der Waals surface area contributed by atoms with Crippen molar-refractivity contribution in [3.63, 3.8) is 0 Å². The van der Waals surface area contributed by atoms with Crippen molar-refractivity contribution >= 4 is 0 Å². The average Bonchev–Trinajstić information content (AvgIpc) is 3.10. The number of aromatic nitrogens is 3. The van der Waals surface area contributed by atoms with Crippen LogP contribution in [0.2, 0.25) is 0 Å². The van der Waals surface area contributed by atoms with Crippen LogP contribution in [0, 0.1) is 0 Å². The van der Waals surface area contributed by atoms with Crippen LogP contribution in [0.3, 0.4) is 0 Å². The van der Waals surface area contributed by atoms with E-state index in [2.05, 4.69) is 162 Å². The Labute approximate surface area is 312 Å². The number of hydrogen-bond donors (Lipinski definition) is 0. The van der Waals surface area contributed by atoms with Gasteiger partial charge in [0, 0.05) is 16.7 Å². The highest BCUT2D eigenvalue weighted by molar-refractivity contribution is 5.81. The number of hydrogen-bond acceptors (Lipinski definition) is 3. The highest BCUT2D eigenvalue weighted by atomic mass is 15.0. The van der Waals surface area contributed by atoms with E-state index >= 15 is 0 Å². The van der Waals surface area contributed by atoms with Gasteiger partial charge in [0.1, 0.15) is 0 Å². The van der Waals surface area contributed by atoms with E-state index < -0.39 is 0 Å². The van der Waals surface area contributed by atoms with Gasteiger partial charge in [0.05, 0.1) is 0 Å². The van der Waals surface area contributed by atoms with Gasteiger partial charge in [0.25, 0.3) is 0 Å². The Balaban J connectivity index is 1.69. The predicted octanol–water partition coefficient (Wildman–Crippen LogP) is 13.4. The van der Waals surface area contributed by atoms with Gasteiger partial charge < -0.3 is 0 Å². The van der Waals surface area contributed by atoms with Gasteiger partial charge in [-0.2, -0.15) is 0 Å². The molecule has 1 heterocycles. The third-order valence-corrected chi connectivity index (χ3v) is 9.89. The Morgan fingerprint density at radius 3 is 0.808 bits per heavy atom. The lowest BCUT2D eigenvalue weighted by Gasteiger charge is -2.27. The van der Waals surface area contributed by atoms with E-state index in [1.165, 1.54) is 33.4 Å². The molecule has 0 amide bonds. The summed E-state index contributed by atoms with van der Waals surface area (Å²) in [6.07, 6.45) is 0. The second kappa shape index (κ2) is 13.6. The fourth-order valence-corrected chi connectivity index (χ4v) is 6.35. The van der Waals surface area contributed by atoms with Gasteiger partial charge in [-0.25, -0.2) is 15.0 Å². The average molecular weight is 686 g/mol. The Morgan fingerprint density at radius 1 is 0.269 bits per heavy atom. The minimum absolute atomic E-state index is 0.0114. The standard InChI is InChI=1S/C49H55N3/c1-46(2,3)39-26-36(27-40(30-39)47(4,5)6)34-23-35(37-28-41(48(7,8)9)31-42(29-37)49(10,11)12)25-38(24-34)45-51-43(32-19-15-13-16-20-32)50-44(52-45)33-21-17-14-18-22-33/h13-31H,1-12H3. The summed E-state index contributed by atoms with van der Waals surface area (Å²) in [5, 5.41) is 0. The molecule has 6 rings (SSSR count). The molecule has 0 aliphatic heterocycles. The summed E-state index contributed by atoms with van der Waals surface area (Å²) in [6.45, 7) is 27.6. The summed E-state index contributed by atoms with van der Waals surface area (Å²) in [5.41, 5.74) is 12.8. The molecular weight excluding hydrogens is 631 g/mol.